The molecule has 1 aromatic rings. The third kappa shape index (κ3) is 4.56. The number of carbonyl (C=O) groups is 1. The Hall–Kier alpha value is -1.37. The summed E-state index contributed by atoms with van der Waals surface area (Å²) in [6.07, 6.45) is 6.98. The van der Waals surface area contributed by atoms with Crippen LogP contribution in [0.1, 0.15) is 51.5 Å². The van der Waals surface area contributed by atoms with Crippen LogP contribution in [0.4, 0.5) is 0 Å². The zero-order chi connectivity index (χ0) is 12.5. The van der Waals surface area contributed by atoms with Crippen LogP contribution in [0.5, 0.6) is 0 Å². The lowest BCUT2D eigenvalue weighted by Gasteiger charge is -2.06. The summed E-state index contributed by atoms with van der Waals surface area (Å²) < 4.78 is 0. The Morgan fingerprint density at radius 2 is 1.82 bits per heavy atom. The fraction of sp³-hybridized carbons (Fsp3) is 0.438. The minimum absolute atomic E-state index is 0.273. The molecule has 0 spiro atoms. The second-order valence-corrected chi connectivity index (χ2v) is 4.30. The third-order valence-corrected chi connectivity index (χ3v) is 2.77. The molecule has 0 aliphatic rings. The van der Waals surface area contributed by atoms with Gasteiger partial charge in [0.15, 0.2) is 5.78 Å². The van der Waals surface area contributed by atoms with Crippen molar-refractivity contribution in [3.63, 3.8) is 0 Å². The molecule has 1 aromatic carbocycles. The Morgan fingerprint density at radius 1 is 1.12 bits per heavy atom. The van der Waals surface area contributed by atoms with E-state index >= 15 is 0 Å². The minimum atomic E-state index is 0.273. The standard InChI is InChI=1S/C16H22O/c1-3-5-7-13-15(16(17)10-4-2)14-11-8-6-9-12-14/h6,8-9,11-13H,3-5,7,10H2,1-2H3/b15-13+. The van der Waals surface area contributed by atoms with Crippen LogP contribution in [0.15, 0.2) is 36.4 Å². The average Bonchev–Trinajstić information content (AvgIpc) is 2.36. The lowest BCUT2D eigenvalue weighted by molar-refractivity contribution is -0.113. The second-order valence-electron chi connectivity index (χ2n) is 4.30. The van der Waals surface area contributed by atoms with Gasteiger partial charge in [-0.2, -0.15) is 0 Å². The molecule has 17 heavy (non-hydrogen) atoms. The van der Waals surface area contributed by atoms with E-state index in [0.717, 1.165) is 30.4 Å². The third-order valence-electron chi connectivity index (χ3n) is 2.77. The van der Waals surface area contributed by atoms with Crippen molar-refractivity contribution in [3.05, 3.63) is 42.0 Å². The van der Waals surface area contributed by atoms with E-state index in [0.29, 0.717) is 6.42 Å². The van der Waals surface area contributed by atoms with Crippen LogP contribution in [0.25, 0.3) is 5.57 Å². The smallest absolute Gasteiger partial charge is 0.163 e. The number of benzene rings is 1. The van der Waals surface area contributed by atoms with Crippen LogP contribution in [-0.4, -0.2) is 5.78 Å². The van der Waals surface area contributed by atoms with E-state index < -0.39 is 0 Å². The molecule has 0 amide bonds. The van der Waals surface area contributed by atoms with Crippen molar-refractivity contribution in [2.24, 2.45) is 0 Å². The first kappa shape index (κ1) is 13.7. The van der Waals surface area contributed by atoms with Crippen molar-refractivity contribution in [2.45, 2.75) is 46.0 Å². The summed E-state index contributed by atoms with van der Waals surface area (Å²) in [5.74, 6) is 0.273. The number of carbonyl (C=O) groups excluding carboxylic acids is 1. The van der Waals surface area contributed by atoms with E-state index in [1.54, 1.807) is 0 Å². The Morgan fingerprint density at radius 3 is 2.41 bits per heavy atom. The van der Waals surface area contributed by atoms with Crippen molar-refractivity contribution >= 4 is 11.4 Å². The molecular weight excluding hydrogens is 208 g/mol. The first-order valence-electron chi connectivity index (χ1n) is 6.58. The van der Waals surface area contributed by atoms with E-state index in [4.69, 9.17) is 0 Å². The van der Waals surface area contributed by atoms with Crippen molar-refractivity contribution in [1.29, 1.82) is 0 Å². The van der Waals surface area contributed by atoms with Gasteiger partial charge in [0.2, 0.25) is 0 Å². The fourth-order valence-corrected chi connectivity index (χ4v) is 1.82. The van der Waals surface area contributed by atoms with Gasteiger partial charge in [-0.15, -0.1) is 0 Å². The number of rotatable bonds is 7. The van der Waals surface area contributed by atoms with E-state index in [9.17, 15) is 4.79 Å². The average molecular weight is 230 g/mol. The van der Waals surface area contributed by atoms with Gasteiger partial charge in [0, 0.05) is 12.0 Å². The van der Waals surface area contributed by atoms with Crippen molar-refractivity contribution in [1.82, 2.24) is 0 Å². The molecule has 0 unspecified atom stereocenters. The van der Waals surface area contributed by atoms with Gasteiger partial charge >= 0.3 is 0 Å². The first-order valence-corrected chi connectivity index (χ1v) is 6.58. The van der Waals surface area contributed by atoms with E-state index in [2.05, 4.69) is 13.0 Å². The van der Waals surface area contributed by atoms with Crippen LogP contribution in [-0.2, 0) is 4.79 Å². The van der Waals surface area contributed by atoms with E-state index in [1.165, 1.54) is 6.42 Å². The normalized spacial score (nSPS) is 11.5. The number of ketones is 1. The summed E-state index contributed by atoms with van der Waals surface area (Å²) >= 11 is 0. The number of hydrogen-bond acceptors (Lipinski definition) is 1. The topological polar surface area (TPSA) is 17.1 Å². The van der Waals surface area contributed by atoms with Crippen LogP contribution >= 0.6 is 0 Å². The molecule has 0 aliphatic heterocycles. The maximum Gasteiger partial charge on any atom is 0.163 e. The van der Waals surface area contributed by atoms with Gasteiger partial charge in [0.25, 0.3) is 0 Å². The minimum Gasteiger partial charge on any atom is -0.294 e. The molecule has 0 aliphatic carbocycles. The molecule has 0 aromatic heterocycles. The molecule has 0 saturated heterocycles. The van der Waals surface area contributed by atoms with Gasteiger partial charge in [-0.3, -0.25) is 4.79 Å². The van der Waals surface area contributed by atoms with Crippen molar-refractivity contribution in [3.8, 4) is 0 Å². The zero-order valence-corrected chi connectivity index (χ0v) is 10.9. The molecular formula is C16H22O. The molecule has 0 bridgehead atoms. The maximum atomic E-state index is 12.1. The van der Waals surface area contributed by atoms with Crippen LogP contribution < -0.4 is 0 Å². The summed E-state index contributed by atoms with van der Waals surface area (Å²) in [7, 11) is 0. The highest BCUT2D eigenvalue weighted by atomic mass is 16.1. The summed E-state index contributed by atoms with van der Waals surface area (Å²) in [4.78, 5) is 12.1. The van der Waals surface area contributed by atoms with E-state index in [1.807, 2.05) is 37.3 Å². The predicted octanol–water partition coefficient (Wildman–Crippen LogP) is 4.63. The van der Waals surface area contributed by atoms with E-state index in [-0.39, 0.29) is 5.78 Å². The van der Waals surface area contributed by atoms with Crippen LogP contribution in [0.2, 0.25) is 0 Å². The highest BCUT2D eigenvalue weighted by Gasteiger charge is 2.09. The number of hydrogen-bond donors (Lipinski definition) is 0. The lowest BCUT2D eigenvalue weighted by Crippen LogP contribution is -2.01. The Balaban J connectivity index is 2.86. The monoisotopic (exact) mass is 230 g/mol. The molecule has 0 radical (unpaired) electrons. The molecule has 0 heterocycles. The molecule has 0 fully saturated rings. The molecule has 92 valence electrons. The van der Waals surface area contributed by atoms with Gasteiger partial charge < -0.3 is 0 Å². The molecule has 1 rings (SSSR count). The van der Waals surface area contributed by atoms with Gasteiger partial charge in [-0.05, 0) is 18.4 Å². The fourth-order valence-electron chi connectivity index (χ4n) is 1.82. The van der Waals surface area contributed by atoms with Crippen LogP contribution in [0.3, 0.4) is 0 Å². The first-order chi connectivity index (χ1) is 8.29. The maximum absolute atomic E-state index is 12.1. The number of allylic oxidation sites excluding steroid dienone is 2. The van der Waals surface area contributed by atoms with Crippen LogP contribution in [0, 0.1) is 0 Å². The summed E-state index contributed by atoms with van der Waals surface area (Å²) in [6, 6.07) is 10.00. The summed E-state index contributed by atoms with van der Waals surface area (Å²) in [5.41, 5.74) is 1.96. The Bertz CT molecular complexity index is 362. The highest BCUT2D eigenvalue weighted by molar-refractivity contribution is 6.20. The Kier molecular flexibility index (Phi) is 6.31. The SMILES string of the molecule is CCCC/C=C(/C(=O)CCC)c1ccccc1. The zero-order valence-electron chi connectivity index (χ0n) is 10.9. The van der Waals surface area contributed by atoms with Crippen molar-refractivity contribution in [2.75, 3.05) is 0 Å². The molecule has 0 saturated carbocycles. The quantitative estimate of drug-likeness (QED) is 0.493. The predicted molar refractivity (Wildman–Crippen MR) is 73.9 cm³/mol. The number of unbranched alkanes of at least 4 members (excludes halogenated alkanes) is 2. The molecule has 1 heteroatoms. The summed E-state index contributed by atoms with van der Waals surface area (Å²) in [6.45, 7) is 4.22. The molecule has 0 atom stereocenters. The second kappa shape index (κ2) is 7.83. The Labute approximate surface area is 105 Å². The van der Waals surface area contributed by atoms with Gasteiger partial charge in [0.1, 0.15) is 0 Å². The van der Waals surface area contributed by atoms with Gasteiger partial charge in [-0.1, -0.05) is 63.1 Å². The largest absolute Gasteiger partial charge is 0.294 e. The summed E-state index contributed by atoms with van der Waals surface area (Å²) in [5, 5.41) is 0. The highest BCUT2D eigenvalue weighted by Crippen LogP contribution is 2.19. The lowest BCUT2D eigenvalue weighted by atomic mass is 9.97. The molecule has 0 N–H and O–H groups in total. The van der Waals surface area contributed by atoms with Gasteiger partial charge in [-0.25, -0.2) is 0 Å². The van der Waals surface area contributed by atoms with Gasteiger partial charge in [0.05, 0.1) is 0 Å². The molecule has 1 nitrogen and oxygen atoms in total. The van der Waals surface area contributed by atoms with Crippen molar-refractivity contribution < 1.29 is 4.79 Å². The number of Topliss-reactive ketones (excluding diaryl/α,β-unsaturated/α-hetero) is 1.